The topological polar surface area (TPSA) is 67.2 Å². The average Bonchev–Trinajstić information content (AvgIpc) is 3.18. The summed E-state index contributed by atoms with van der Waals surface area (Å²) >= 11 is 6.26. The highest BCUT2D eigenvalue weighted by molar-refractivity contribution is 6.31. The zero-order valence-corrected chi connectivity index (χ0v) is 16.8. The first kappa shape index (κ1) is 17.9. The highest BCUT2D eigenvalue weighted by atomic mass is 35.5. The van der Waals surface area contributed by atoms with Crippen molar-refractivity contribution in [3.05, 3.63) is 75.9 Å². The van der Waals surface area contributed by atoms with Crippen LogP contribution in [0, 0.1) is 6.92 Å². The largest absolute Gasteiger partial charge is 0.314 e. The molecule has 0 saturated carbocycles. The maximum absolute atomic E-state index is 13.4. The van der Waals surface area contributed by atoms with Crippen LogP contribution in [-0.4, -0.2) is 28.6 Å². The predicted molar refractivity (Wildman–Crippen MR) is 111 cm³/mol. The van der Waals surface area contributed by atoms with E-state index in [2.05, 4.69) is 10.4 Å². The summed E-state index contributed by atoms with van der Waals surface area (Å²) in [4.78, 5) is 27.8. The molecule has 2 aromatic carbocycles. The Bertz CT molecular complexity index is 1170. The number of nitrogens with one attached hydrogen (secondary N) is 1. The van der Waals surface area contributed by atoms with Crippen LogP contribution in [0.15, 0.2) is 48.7 Å². The lowest BCUT2D eigenvalue weighted by molar-refractivity contribution is -0.126. The van der Waals surface area contributed by atoms with Crippen LogP contribution in [0.4, 0.5) is 11.5 Å². The van der Waals surface area contributed by atoms with Crippen LogP contribution in [0.5, 0.6) is 0 Å². The van der Waals surface area contributed by atoms with Gasteiger partial charge >= 0.3 is 0 Å². The van der Waals surface area contributed by atoms with Gasteiger partial charge in [0.15, 0.2) is 0 Å². The summed E-state index contributed by atoms with van der Waals surface area (Å²) in [7, 11) is 1.73. The van der Waals surface area contributed by atoms with E-state index in [1.54, 1.807) is 35.0 Å². The first-order valence-electron chi connectivity index (χ1n) is 9.40. The first-order valence-corrected chi connectivity index (χ1v) is 9.78. The second kappa shape index (κ2) is 6.19. The van der Waals surface area contributed by atoms with Crippen molar-refractivity contribution in [2.45, 2.75) is 25.3 Å². The van der Waals surface area contributed by atoms with Crippen molar-refractivity contribution in [1.29, 1.82) is 0 Å². The molecule has 6 nitrogen and oxygen atoms in total. The number of fused-ring (bicyclic) bond motifs is 4. The standard InChI is InChI=1S/C22H19ClN4O2/c1-13-3-5-14(6-4-13)12-27-20-17(11-24-27)22(10-19(28)25-20)16-9-15(23)7-8-18(16)26(2)21(22)29/h3-9,11H,10,12H2,1-2H3,(H,25,28). The van der Waals surface area contributed by atoms with Gasteiger partial charge in [0.25, 0.3) is 0 Å². The van der Waals surface area contributed by atoms with Crippen LogP contribution in [0.1, 0.15) is 28.7 Å². The number of hydrogen-bond acceptors (Lipinski definition) is 3. The minimum absolute atomic E-state index is 0.0345. The number of carbonyl (C=O) groups excluding carboxylic acids is 2. The van der Waals surface area contributed by atoms with Gasteiger partial charge in [0.05, 0.1) is 12.7 Å². The van der Waals surface area contributed by atoms with Gasteiger partial charge in [0.2, 0.25) is 11.8 Å². The van der Waals surface area contributed by atoms with Gasteiger partial charge in [-0.2, -0.15) is 5.10 Å². The highest BCUT2D eigenvalue weighted by Gasteiger charge is 2.56. The van der Waals surface area contributed by atoms with Crippen LogP contribution in [-0.2, 0) is 21.5 Å². The van der Waals surface area contributed by atoms with E-state index in [1.165, 1.54) is 5.56 Å². The molecule has 29 heavy (non-hydrogen) atoms. The van der Waals surface area contributed by atoms with E-state index in [-0.39, 0.29) is 18.2 Å². The van der Waals surface area contributed by atoms with E-state index in [0.29, 0.717) is 22.9 Å². The SMILES string of the molecule is Cc1ccc(Cn2ncc3c2NC(=O)CC32C(=O)N(C)c3ccc(Cl)cc32)cc1. The second-order valence-corrected chi connectivity index (χ2v) is 8.14. The first-order chi connectivity index (χ1) is 13.9. The van der Waals surface area contributed by atoms with Crippen LogP contribution in [0.25, 0.3) is 0 Å². The van der Waals surface area contributed by atoms with Crippen molar-refractivity contribution in [2.24, 2.45) is 0 Å². The molecule has 5 rings (SSSR count). The van der Waals surface area contributed by atoms with Gasteiger partial charge in [-0.1, -0.05) is 41.4 Å². The van der Waals surface area contributed by atoms with Crippen molar-refractivity contribution >= 4 is 34.9 Å². The Morgan fingerprint density at radius 2 is 1.90 bits per heavy atom. The number of aromatic nitrogens is 2. The Balaban J connectivity index is 1.67. The quantitative estimate of drug-likeness (QED) is 0.708. The lowest BCUT2D eigenvalue weighted by Gasteiger charge is -2.32. The van der Waals surface area contributed by atoms with E-state index in [4.69, 9.17) is 11.6 Å². The van der Waals surface area contributed by atoms with Crippen LogP contribution in [0.3, 0.4) is 0 Å². The number of anilines is 2. The normalized spacial score (nSPS) is 20.0. The lowest BCUT2D eigenvalue weighted by atomic mass is 9.72. The van der Waals surface area contributed by atoms with Crippen molar-refractivity contribution in [3.8, 4) is 0 Å². The average molecular weight is 407 g/mol. The van der Waals surface area contributed by atoms with Crippen molar-refractivity contribution in [3.63, 3.8) is 0 Å². The molecule has 7 heteroatoms. The predicted octanol–water partition coefficient (Wildman–Crippen LogP) is 3.50. The Labute approximate surface area is 173 Å². The van der Waals surface area contributed by atoms with Gasteiger partial charge in [0.1, 0.15) is 11.2 Å². The Morgan fingerprint density at radius 3 is 2.66 bits per heavy atom. The van der Waals surface area contributed by atoms with Crippen LogP contribution < -0.4 is 10.2 Å². The summed E-state index contributed by atoms with van der Waals surface area (Å²) in [6.45, 7) is 2.53. The van der Waals surface area contributed by atoms with E-state index < -0.39 is 5.41 Å². The van der Waals surface area contributed by atoms with Crippen molar-refractivity contribution in [2.75, 3.05) is 17.3 Å². The molecule has 1 aromatic heterocycles. The molecule has 1 atom stereocenters. The Kier molecular flexibility index (Phi) is 3.83. The third-order valence-electron chi connectivity index (χ3n) is 5.89. The summed E-state index contributed by atoms with van der Waals surface area (Å²) < 4.78 is 1.74. The maximum atomic E-state index is 13.4. The summed E-state index contributed by atoms with van der Waals surface area (Å²) in [5, 5.41) is 7.99. The molecule has 3 aromatic rings. The molecule has 146 valence electrons. The second-order valence-electron chi connectivity index (χ2n) is 7.71. The number of halogens is 1. The number of likely N-dealkylation sites (N-methyl/N-ethyl adjacent to an activating group) is 1. The van der Waals surface area contributed by atoms with Gasteiger partial charge in [-0.15, -0.1) is 0 Å². The third-order valence-corrected chi connectivity index (χ3v) is 6.12. The molecule has 0 saturated heterocycles. The van der Waals surface area contributed by atoms with Gasteiger partial charge in [0, 0.05) is 29.7 Å². The molecule has 2 aliphatic heterocycles. The monoisotopic (exact) mass is 406 g/mol. The number of aryl methyl sites for hydroxylation is 1. The zero-order chi connectivity index (χ0) is 20.3. The zero-order valence-electron chi connectivity index (χ0n) is 16.1. The Morgan fingerprint density at radius 1 is 1.14 bits per heavy atom. The number of benzene rings is 2. The summed E-state index contributed by atoms with van der Waals surface area (Å²) in [6.07, 6.45) is 1.73. The summed E-state index contributed by atoms with van der Waals surface area (Å²) in [5.41, 5.74) is 3.38. The molecule has 2 amide bonds. The molecule has 1 N–H and O–H groups in total. The minimum Gasteiger partial charge on any atom is -0.314 e. The van der Waals surface area contributed by atoms with Gasteiger partial charge in [-0.25, -0.2) is 4.68 Å². The van der Waals surface area contributed by atoms with Gasteiger partial charge in [-0.05, 0) is 36.2 Å². The van der Waals surface area contributed by atoms with E-state index in [0.717, 1.165) is 16.8 Å². The van der Waals surface area contributed by atoms with Gasteiger partial charge < -0.3 is 10.2 Å². The third kappa shape index (κ3) is 2.52. The van der Waals surface area contributed by atoms with Crippen LogP contribution >= 0.6 is 11.6 Å². The maximum Gasteiger partial charge on any atom is 0.242 e. The molecular formula is C22H19ClN4O2. The fraction of sp³-hybridized carbons (Fsp3) is 0.227. The molecular weight excluding hydrogens is 388 g/mol. The van der Waals surface area contributed by atoms with Crippen LogP contribution in [0.2, 0.25) is 5.02 Å². The molecule has 1 spiro atoms. The number of hydrogen-bond donors (Lipinski definition) is 1. The molecule has 0 fully saturated rings. The molecule has 0 radical (unpaired) electrons. The fourth-order valence-corrected chi connectivity index (χ4v) is 4.58. The number of nitrogens with zero attached hydrogens (tertiary/aromatic N) is 3. The number of carbonyl (C=O) groups is 2. The Hall–Kier alpha value is -3.12. The molecule has 1 unspecified atom stereocenters. The minimum atomic E-state index is -1.10. The van der Waals surface area contributed by atoms with Crippen molar-refractivity contribution < 1.29 is 9.59 Å². The van der Waals surface area contributed by atoms with E-state index >= 15 is 0 Å². The highest BCUT2D eigenvalue weighted by Crippen LogP contribution is 2.52. The van der Waals surface area contributed by atoms with Gasteiger partial charge in [-0.3, -0.25) is 9.59 Å². The molecule has 2 aliphatic rings. The van der Waals surface area contributed by atoms with Crippen molar-refractivity contribution in [1.82, 2.24) is 9.78 Å². The smallest absolute Gasteiger partial charge is 0.242 e. The molecule has 0 bridgehead atoms. The molecule has 0 aliphatic carbocycles. The van der Waals surface area contributed by atoms with E-state index in [1.807, 2.05) is 37.3 Å². The fourth-order valence-electron chi connectivity index (χ4n) is 4.41. The number of amides is 2. The molecule has 3 heterocycles. The van der Waals surface area contributed by atoms with E-state index in [9.17, 15) is 9.59 Å². The summed E-state index contributed by atoms with van der Waals surface area (Å²) in [5.74, 6) is 0.217. The summed E-state index contributed by atoms with van der Waals surface area (Å²) in [6, 6.07) is 13.5. The lowest BCUT2D eigenvalue weighted by Crippen LogP contribution is -2.45. The number of rotatable bonds is 2.